The summed E-state index contributed by atoms with van der Waals surface area (Å²) in [6.45, 7) is 7.39. The van der Waals surface area contributed by atoms with Crippen molar-refractivity contribution in [2.75, 3.05) is 19.6 Å². The van der Waals surface area contributed by atoms with E-state index in [2.05, 4.69) is 17.9 Å². The average Bonchev–Trinajstić information content (AvgIpc) is 2.63. The van der Waals surface area contributed by atoms with E-state index in [4.69, 9.17) is 11.0 Å². The molecule has 0 aromatic carbocycles. The molecule has 3 nitrogen and oxygen atoms in total. The van der Waals surface area contributed by atoms with Gasteiger partial charge in [0.15, 0.2) is 0 Å². The Balaban J connectivity index is 2.24. The third-order valence-electron chi connectivity index (χ3n) is 3.15. The predicted octanol–water partition coefficient (Wildman–Crippen LogP) is 1.35. The Labute approximate surface area is 86.9 Å². The van der Waals surface area contributed by atoms with Gasteiger partial charge in [-0.3, -0.25) is 0 Å². The minimum absolute atomic E-state index is 0.649. The van der Waals surface area contributed by atoms with Crippen LogP contribution in [0.25, 0.3) is 0 Å². The Morgan fingerprint density at radius 1 is 1.64 bits per heavy atom. The minimum Gasteiger partial charge on any atom is -0.314 e. The number of nitrogens with zero attached hydrogens (tertiary/aromatic N) is 2. The summed E-state index contributed by atoms with van der Waals surface area (Å²) in [5.41, 5.74) is 5.12. The van der Waals surface area contributed by atoms with Crippen LogP contribution in [-0.2, 0) is 0 Å². The van der Waals surface area contributed by atoms with Gasteiger partial charge in [-0.2, -0.15) is 5.26 Å². The number of likely N-dealkylation sites (tertiary alicyclic amines) is 1. The summed E-state index contributed by atoms with van der Waals surface area (Å²) < 4.78 is 0. The average molecular weight is 195 g/mol. The van der Waals surface area contributed by atoms with Crippen LogP contribution >= 0.6 is 0 Å². The number of nitrogens with two attached hydrogens (primary N) is 1. The Kier molecular flexibility index (Phi) is 3.91. The standard InChI is InChI=1S/C11H21N3/c1-3-10-4-6-14(8-10)7-5-11(2,13)9-12/h10H,3-8,13H2,1-2H3. The molecular formula is C11H21N3. The minimum atomic E-state index is -0.649. The second-order valence-corrected chi connectivity index (χ2v) is 4.64. The first-order valence-electron chi connectivity index (χ1n) is 5.50. The van der Waals surface area contributed by atoms with Gasteiger partial charge >= 0.3 is 0 Å². The van der Waals surface area contributed by atoms with Crippen molar-refractivity contribution in [3.8, 4) is 6.07 Å². The van der Waals surface area contributed by atoms with Gasteiger partial charge < -0.3 is 10.6 Å². The maximum absolute atomic E-state index is 8.77. The van der Waals surface area contributed by atoms with E-state index < -0.39 is 5.54 Å². The molecule has 0 bridgehead atoms. The molecule has 1 aliphatic rings. The SMILES string of the molecule is CCC1CCN(CCC(C)(N)C#N)C1. The van der Waals surface area contributed by atoms with E-state index in [1.165, 1.54) is 25.9 Å². The van der Waals surface area contributed by atoms with Crippen molar-refractivity contribution in [2.24, 2.45) is 11.7 Å². The lowest BCUT2D eigenvalue weighted by atomic mass is 10.0. The van der Waals surface area contributed by atoms with E-state index in [9.17, 15) is 0 Å². The fourth-order valence-electron chi connectivity index (χ4n) is 1.90. The molecular weight excluding hydrogens is 174 g/mol. The van der Waals surface area contributed by atoms with Crippen molar-refractivity contribution >= 4 is 0 Å². The topological polar surface area (TPSA) is 53.0 Å². The van der Waals surface area contributed by atoms with E-state index >= 15 is 0 Å². The van der Waals surface area contributed by atoms with Crippen LogP contribution in [0.15, 0.2) is 0 Å². The first-order chi connectivity index (χ1) is 6.57. The molecule has 2 N–H and O–H groups in total. The van der Waals surface area contributed by atoms with Crippen LogP contribution in [0.5, 0.6) is 0 Å². The van der Waals surface area contributed by atoms with Gasteiger partial charge in [0.25, 0.3) is 0 Å². The molecule has 0 amide bonds. The monoisotopic (exact) mass is 195 g/mol. The summed E-state index contributed by atoms with van der Waals surface area (Å²) in [5.74, 6) is 0.862. The number of hydrogen-bond acceptors (Lipinski definition) is 3. The van der Waals surface area contributed by atoms with Gasteiger partial charge in [0.1, 0.15) is 5.54 Å². The number of nitriles is 1. The smallest absolute Gasteiger partial charge is 0.102 e. The van der Waals surface area contributed by atoms with Crippen LogP contribution in [0.3, 0.4) is 0 Å². The third kappa shape index (κ3) is 3.28. The summed E-state index contributed by atoms with van der Waals surface area (Å²) in [4.78, 5) is 2.43. The number of hydrogen-bond donors (Lipinski definition) is 1. The molecule has 0 spiro atoms. The van der Waals surface area contributed by atoms with Crippen LogP contribution in [0.4, 0.5) is 0 Å². The first kappa shape index (κ1) is 11.5. The van der Waals surface area contributed by atoms with E-state index in [0.717, 1.165) is 18.9 Å². The van der Waals surface area contributed by atoms with Crippen LogP contribution in [-0.4, -0.2) is 30.1 Å². The molecule has 0 aliphatic carbocycles. The molecule has 0 radical (unpaired) electrons. The fraction of sp³-hybridized carbons (Fsp3) is 0.909. The Bertz CT molecular complexity index is 217. The maximum Gasteiger partial charge on any atom is 0.102 e. The van der Waals surface area contributed by atoms with Gasteiger partial charge in [0.05, 0.1) is 6.07 Å². The molecule has 1 saturated heterocycles. The van der Waals surface area contributed by atoms with Crippen molar-refractivity contribution < 1.29 is 0 Å². The van der Waals surface area contributed by atoms with Crippen molar-refractivity contribution in [2.45, 2.75) is 38.6 Å². The van der Waals surface area contributed by atoms with Crippen LogP contribution in [0, 0.1) is 17.2 Å². The van der Waals surface area contributed by atoms with Gasteiger partial charge in [0.2, 0.25) is 0 Å². The van der Waals surface area contributed by atoms with Crippen molar-refractivity contribution in [3.05, 3.63) is 0 Å². The van der Waals surface area contributed by atoms with Crippen molar-refractivity contribution in [1.29, 1.82) is 5.26 Å². The Morgan fingerprint density at radius 3 is 2.86 bits per heavy atom. The molecule has 0 saturated carbocycles. The van der Waals surface area contributed by atoms with E-state index in [1.807, 2.05) is 0 Å². The summed E-state index contributed by atoms with van der Waals surface area (Å²) in [6.07, 6.45) is 3.36. The lowest BCUT2D eigenvalue weighted by Crippen LogP contribution is -2.38. The Morgan fingerprint density at radius 2 is 2.36 bits per heavy atom. The highest BCUT2D eigenvalue weighted by atomic mass is 15.1. The first-order valence-corrected chi connectivity index (χ1v) is 5.50. The van der Waals surface area contributed by atoms with Gasteiger partial charge in [-0.15, -0.1) is 0 Å². The molecule has 14 heavy (non-hydrogen) atoms. The molecule has 3 heteroatoms. The van der Waals surface area contributed by atoms with Crippen LogP contribution in [0.2, 0.25) is 0 Å². The molecule has 1 aliphatic heterocycles. The lowest BCUT2D eigenvalue weighted by molar-refractivity contribution is 0.298. The molecule has 80 valence electrons. The van der Waals surface area contributed by atoms with Crippen molar-refractivity contribution in [3.63, 3.8) is 0 Å². The molecule has 1 heterocycles. The normalized spacial score (nSPS) is 27.1. The molecule has 0 aromatic heterocycles. The third-order valence-corrected chi connectivity index (χ3v) is 3.15. The fourth-order valence-corrected chi connectivity index (χ4v) is 1.90. The second kappa shape index (κ2) is 4.77. The van der Waals surface area contributed by atoms with Crippen molar-refractivity contribution in [1.82, 2.24) is 4.90 Å². The van der Waals surface area contributed by atoms with E-state index in [1.54, 1.807) is 6.92 Å². The second-order valence-electron chi connectivity index (χ2n) is 4.64. The summed E-state index contributed by atoms with van der Waals surface area (Å²) in [7, 11) is 0. The zero-order chi connectivity index (χ0) is 10.6. The van der Waals surface area contributed by atoms with E-state index in [-0.39, 0.29) is 0 Å². The summed E-state index contributed by atoms with van der Waals surface area (Å²) in [6, 6.07) is 2.14. The Hall–Kier alpha value is -0.590. The van der Waals surface area contributed by atoms with E-state index in [0.29, 0.717) is 0 Å². The zero-order valence-electron chi connectivity index (χ0n) is 9.29. The number of rotatable bonds is 4. The van der Waals surface area contributed by atoms with Gasteiger partial charge in [-0.1, -0.05) is 13.3 Å². The highest BCUT2D eigenvalue weighted by Gasteiger charge is 2.24. The highest BCUT2D eigenvalue weighted by molar-refractivity contribution is 5.01. The van der Waals surface area contributed by atoms with Gasteiger partial charge in [0, 0.05) is 13.1 Å². The molecule has 1 rings (SSSR count). The molecule has 1 fully saturated rings. The van der Waals surface area contributed by atoms with Crippen LogP contribution in [0.1, 0.15) is 33.1 Å². The molecule has 2 unspecified atom stereocenters. The predicted molar refractivity (Wildman–Crippen MR) is 57.7 cm³/mol. The van der Waals surface area contributed by atoms with Gasteiger partial charge in [-0.05, 0) is 32.2 Å². The largest absolute Gasteiger partial charge is 0.314 e. The van der Waals surface area contributed by atoms with Gasteiger partial charge in [-0.25, -0.2) is 0 Å². The quantitative estimate of drug-likeness (QED) is 0.736. The van der Waals surface area contributed by atoms with Crippen LogP contribution < -0.4 is 5.73 Å². The molecule has 2 atom stereocenters. The summed E-state index contributed by atoms with van der Waals surface area (Å²) in [5, 5.41) is 8.77. The maximum atomic E-state index is 8.77. The molecule has 0 aromatic rings. The zero-order valence-corrected chi connectivity index (χ0v) is 9.29. The highest BCUT2D eigenvalue weighted by Crippen LogP contribution is 2.19. The lowest BCUT2D eigenvalue weighted by Gasteiger charge is -2.21. The summed E-state index contributed by atoms with van der Waals surface area (Å²) >= 11 is 0.